The Morgan fingerprint density at radius 2 is 1.93 bits per heavy atom. The minimum Gasteiger partial charge on any atom is -0.449 e. The van der Waals surface area contributed by atoms with Gasteiger partial charge in [0, 0.05) is 26.0 Å². The molecule has 0 amide bonds. The third kappa shape index (κ3) is 1.33. The molecule has 0 aliphatic carbocycles. The van der Waals surface area contributed by atoms with Gasteiger partial charge >= 0.3 is 0 Å². The lowest BCUT2D eigenvalue weighted by molar-refractivity contribution is -0.0431. The van der Waals surface area contributed by atoms with Gasteiger partial charge in [-0.05, 0) is 11.6 Å². The van der Waals surface area contributed by atoms with Crippen LogP contribution in [0.1, 0.15) is 13.8 Å². The summed E-state index contributed by atoms with van der Waals surface area (Å²) in [6, 6.07) is 3.67. The lowest BCUT2D eigenvalue weighted by Gasteiger charge is -2.16. The molecule has 4 nitrogen and oxygen atoms in total. The van der Waals surface area contributed by atoms with E-state index in [-0.39, 0.29) is 0 Å². The number of ether oxygens (including phenoxy) is 2. The monoisotopic (exact) mass is 224 g/mol. The highest BCUT2D eigenvalue weighted by Gasteiger charge is 2.32. The molecule has 0 bridgehead atoms. The number of fused-ring (bicyclic) bond motifs is 2. The lowest BCUT2D eigenvalue weighted by Crippen LogP contribution is -2.29. The highest BCUT2D eigenvalue weighted by atomic mass is 35.5. The maximum Gasteiger partial charge on any atom is 0.246 e. The normalized spacial score (nSPS) is 17.3. The van der Waals surface area contributed by atoms with Gasteiger partial charge in [0.25, 0.3) is 0 Å². The standard InChI is InChI=1S/C10H9ClN2O2/c1-10(2)14-7-3-5-6(4-8(7)15-10)13-9(11)12-5/h3-4H,1-2H3,(H,12,13). The van der Waals surface area contributed by atoms with Gasteiger partial charge in [-0.25, -0.2) is 4.98 Å². The maximum absolute atomic E-state index is 5.76. The van der Waals surface area contributed by atoms with Crippen molar-refractivity contribution in [3.63, 3.8) is 0 Å². The van der Waals surface area contributed by atoms with Crippen LogP contribution in [-0.2, 0) is 0 Å². The number of benzene rings is 1. The molecule has 78 valence electrons. The van der Waals surface area contributed by atoms with Crippen LogP contribution in [0.5, 0.6) is 11.5 Å². The SMILES string of the molecule is CC1(C)Oc2cc3nc(Cl)[nH]c3cc2O1. The molecule has 1 aromatic carbocycles. The Kier molecular flexibility index (Phi) is 1.52. The first-order valence-corrected chi connectivity index (χ1v) is 4.99. The van der Waals surface area contributed by atoms with Crippen molar-refractivity contribution in [2.45, 2.75) is 19.6 Å². The van der Waals surface area contributed by atoms with Crippen molar-refractivity contribution in [2.75, 3.05) is 0 Å². The zero-order valence-corrected chi connectivity index (χ0v) is 9.05. The molecule has 1 aliphatic heterocycles. The van der Waals surface area contributed by atoms with Crippen LogP contribution in [0.4, 0.5) is 0 Å². The summed E-state index contributed by atoms with van der Waals surface area (Å²) in [6.45, 7) is 3.73. The van der Waals surface area contributed by atoms with Crippen molar-refractivity contribution in [2.24, 2.45) is 0 Å². The van der Waals surface area contributed by atoms with Gasteiger partial charge in [0.15, 0.2) is 11.5 Å². The molecule has 0 saturated heterocycles. The molecule has 0 radical (unpaired) electrons. The van der Waals surface area contributed by atoms with E-state index in [0.717, 1.165) is 11.0 Å². The van der Waals surface area contributed by atoms with Gasteiger partial charge in [0.1, 0.15) is 0 Å². The van der Waals surface area contributed by atoms with E-state index in [9.17, 15) is 0 Å². The summed E-state index contributed by atoms with van der Waals surface area (Å²) in [5, 5.41) is 0.368. The van der Waals surface area contributed by atoms with Crippen molar-refractivity contribution in [3.8, 4) is 11.5 Å². The van der Waals surface area contributed by atoms with E-state index in [1.807, 2.05) is 26.0 Å². The van der Waals surface area contributed by atoms with Gasteiger partial charge in [-0.15, -0.1) is 0 Å². The number of hydrogen-bond acceptors (Lipinski definition) is 3. The number of H-pyrrole nitrogens is 1. The zero-order chi connectivity index (χ0) is 10.6. The fourth-order valence-corrected chi connectivity index (χ4v) is 1.89. The summed E-state index contributed by atoms with van der Waals surface area (Å²) >= 11 is 5.76. The Morgan fingerprint density at radius 3 is 2.67 bits per heavy atom. The minimum absolute atomic E-state index is 0.368. The van der Waals surface area contributed by atoms with Gasteiger partial charge in [-0.3, -0.25) is 0 Å². The Bertz CT molecular complexity index is 503. The summed E-state index contributed by atoms with van der Waals surface area (Å²) < 4.78 is 11.2. The molecule has 5 heteroatoms. The molecule has 2 aromatic rings. The van der Waals surface area contributed by atoms with Crippen molar-refractivity contribution in [1.29, 1.82) is 0 Å². The molecule has 15 heavy (non-hydrogen) atoms. The van der Waals surface area contributed by atoms with Crippen LogP contribution in [0.3, 0.4) is 0 Å². The van der Waals surface area contributed by atoms with Crippen molar-refractivity contribution in [1.82, 2.24) is 9.97 Å². The molecule has 0 unspecified atom stereocenters. The molecule has 3 rings (SSSR count). The van der Waals surface area contributed by atoms with Crippen LogP contribution in [0, 0.1) is 0 Å². The van der Waals surface area contributed by atoms with Crippen molar-refractivity contribution < 1.29 is 9.47 Å². The molecule has 0 atom stereocenters. The Morgan fingerprint density at radius 1 is 1.27 bits per heavy atom. The van der Waals surface area contributed by atoms with Crippen LogP contribution in [-0.4, -0.2) is 15.8 Å². The van der Waals surface area contributed by atoms with Crippen molar-refractivity contribution >= 4 is 22.6 Å². The fraction of sp³-hybridized carbons (Fsp3) is 0.300. The number of aromatic amines is 1. The average Bonchev–Trinajstić information content (AvgIpc) is 2.55. The van der Waals surface area contributed by atoms with Crippen LogP contribution in [0.15, 0.2) is 12.1 Å². The summed E-state index contributed by atoms with van der Waals surface area (Å²) in [6.07, 6.45) is 0. The largest absolute Gasteiger partial charge is 0.449 e. The first-order chi connectivity index (χ1) is 7.03. The number of nitrogens with zero attached hydrogens (tertiary/aromatic N) is 1. The second-order valence-corrected chi connectivity index (χ2v) is 4.31. The topological polar surface area (TPSA) is 47.1 Å². The first kappa shape index (κ1) is 8.85. The van der Waals surface area contributed by atoms with Gasteiger partial charge < -0.3 is 14.5 Å². The predicted molar refractivity (Wildman–Crippen MR) is 56.4 cm³/mol. The lowest BCUT2D eigenvalue weighted by atomic mass is 10.3. The van der Waals surface area contributed by atoms with E-state index in [1.54, 1.807) is 0 Å². The number of imidazole rings is 1. The second-order valence-electron chi connectivity index (χ2n) is 3.95. The zero-order valence-electron chi connectivity index (χ0n) is 8.30. The summed E-state index contributed by atoms with van der Waals surface area (Å²) in [5.41, 5.74) is 1.63. The van der Waals surface area contributed by atoms with E-state index in [4.69, 9.17) is 21.1 Å². The summed E-state index contributed by atoms with van der Waals surface area (Å²) in [7, 11) is 0. The molecule has 0 fully saturated rings. The van der Waals surface area contributed by atoms with Gasteiger partial charge in [0.05, 0.1) is 11.0 Å². The molecule has 0 saturated carbocycles. The number of nitrogens with one attached hydrogen (secondary N) is 1. The van der Waals surface area contributed by atoms with Gasteiger partial charge in [-0.2, -0.15) is 0 Å². The third-order valence-corrected chi connectivity index (χ3v) is 2.41. The van der Waals surface area contributed by atoms with Gasteiger partial charge in [0.2, 0.25) is 11.1 Å². The van der Waals surface area contributed by atoms with Crippen LogP contribution >= 0.6 is 11.6 Å². The van der Waals surface area contributed by atoms with Crippen LogP contribution < -0.4 is 9.47 Å². The minimum atomic E-state index is -0.606. The Labute approximate surface area is 91.2 Å². The molecule has 1 aliphatic rings. The summed E-state index contributed by atoms with van der Waals surface area (Å²) in [5.74, 6) is 0.814. The van der Waals surface area contributed by atoms with Gasteiger partial charge in [-0.1, -0.05) is 0 Å². The number of aromatic nitrogens is 2. The van der Waals surface area contributed by atoms with E-state index in [2.05, 4.69) is 9.97 Å². The quantitative estimate of drug-likeness (QED) is 0.749. The predicted octanol–water partition coefficient (Wildman–Crippen LogP) is 2.72. The number of rotatable bonds is 0. The van der Waals surface area contributed by atoms with E-state index in [1.165, 1.54) is 0 Å². The Balaban J connectivity index is 2.21. The molecule has 1 aromatic heterocycles. The number of halogens is 1. The second kappa shape index (κ2) is 2.58. The van der Waals surface area contributed by atoms with E-state index in [0.29, 0.717) is 16.8 Å². The first-order valence-electron chi connectivity index (χ1n) is 4.61. The van der Waals surface area contributed by atoms with Crippen molar-refractivity contribution in [3.05, 3.63) is 17.4 Å². The summed E-state index contributed by atoms with van der Waals surface area (Å²) in [4.78, 5) is 7.05. The fourth-order valence-electron chi connectivity index (χ4n) is 1.70. The van der Waals surface area contributed by atoms with E-state index >= 15 is 0 Å². The highest BCUT2D eigenvalue weighted by Crippen LogP contribution is 2.41. The maximum atomic E-state index is 5.76. The molecule has 2 heterocycles. The smallest absolute Gasteiger partial charge is 0.246 e. The molecular weight excluding hydrogens is 216 g/mol. The van der Waals surface area contributed by atoms with E-state index < -0.39 is 5.79 Å². The molecule has 0 spiro atoms. The molecular formula is C10H9ClN2O2. The van der Waals surface area contributed by atoms with Crippen LogP contribution in [0.2, 0.25) is 5.28 Å². The van der Waals surface area contributed by atoms with Crippen LogP contribution in [0.25, 0.3) is 11.0 Å². The molecule has 1 N–H and O–H groups in total. The Hall–Kier alpha value is -1.42. The third-order valence-electron chi connectivity index (χ3n) is 2.23. The average molecular weight is 225 g/mol. The highest BCUT2D eigenvalue weighted by molar-refractivity contribution is 6.29. The number of hydrogen-bond donors (Lipinski definition) is 1.